The Morgan fingerprint density at radius 3 is 2.29 bits per heavy atom. The highest BCUT2D eigenvalue weighted by Crippen LogP contribution is 2.22. The molecule has 0 unspecified atom stereocenters. The lowest BCUT2D eigenvalue weighted by molar-refractivity contribution is 0.413. The fraction of sp³-hybridized carbons (Fsp3) is 0.154. The molecule has 1 heterocycles. The maximum Gasteiger partial charge on any atom is 0.333 e. The number of nitrogens with zero attached hydrogens (tertiary/aromatic N) is 5. The Morgan fingerprint density at radius 1 is 1.10 bits per heavy atom. The predicted molar refractivity (Wildman–Crippen MR) is 73.9 cm³/mol. The summed E-state index contributed by atoms with van der Waals surface area (Å²) in [6, 6.07) is 8.16. The number of rotatable bonds is 2. The highest BCUT2D eigenvalue weighted by Gasteiger charge is 2.14. The Bertz CT molecular complexity index is 869. The van der Waals surface area contributed by atoms with Gasteiger partial charge in [0.1, 0.15) is 0 Å². The molecule has 0 saturated heterocycles. The standard InChI is InChI=1S/C13H11N5O3/c1-17-11(19)10(12(20)18(2)13(17)21)16-15-9-5-3-8(7-14)4-6-9/h3-6,19H,1-2H3. The Hall–Kier alpha value is -3.21. The first-order chi connectivity index (χ1) is 9.95. The van der Waals surface area contributed by atoms with E-state index in [-0.39, 0.29) is 5.69 Å². The molecule has 0 aliphatic heterocycles. The van der Waals surface area contributed by atoms with E-state index in [1.165, 1.54) is 14.1 Å². The van der Waals surface area contributed by atoms with Crippen molar-refractivity contribution in [2.24, 2.45) is 24.3 Å². The van der Waals surface area contributed by atoms with Crippen LogP contribution in [0.15, 0.2) is 44.1 Å². The van der Waals surface area contributed by atoms with Crippen molar-refractivity contribution in [2.45, 2.75) is 0 Å². The minimum absolute atomic E-state index is 0.330. The molecule has 1 N–H and O–H groups in total. The van der Waals surface area contributed by atoms with Gasteiger partial charge in [-0.15, -0.1) is 5.11 Å². The zero-order valence-corrected chi connectivity index (χ0v) is 11.3. The summed E-state index contributed by atoms with van der Waals surface area (Å²) in [7, 11) is 2.60. The van der Waals surface area contributed by atoms with E-state index in [2.05, 4.69) is 10.2 Å². The van der Waals surface area contributed by atoms with Crippen LogP contribution in [0.4, 0.5) is 11.4 Å². The van der Waals surface area contributed by atoms with Gasteiger partial charge >= 0.3 is 5.69 Å². The molecule has 0 saturated carbocycles. The van der Waals surface area contributed by atoms with Crippen molar-refractivity contribution in [1.29, 1.82) is 5.26 Å². The zero-order valence-electron chi connectivity index (χ0n) is 11.3. The molecule has 21 heavy (non-hydrogen) atoms. The first kappa shape index (κ1) is 14.2. The first-order valence-electron chi connectivity index (χ1n) is 5.86. The molecule has 0 radical (unpaired) electrons. The lowest BCUT2D eigenvalue weighted by Crippen LogP contribution is -2.36. The van der Waals surface area contributed by atoms with E-state index in [0.29, 0.717) is 11.3 Å². The summed E-state index contributed by atoms with van der Waals surface area (Å²) in [6.07, 6.45) is 0. The SMILES string of the molecule is Cn1c(O)c(N=Nc2ccc(C#N)cc2)c(=O)n(C)c1=O. The largest absolute Gasteiger partial charge is 0.493 e. The summed E-state index contributed by atoms with van der Waals surface area (Å²) >= 11 is 0. The van der Waals surface area contributed by atoms with Gasteiger partial charge in [-0.3, -0.25) is 13.9 Å². The summed E-state index contributed by atoms with van der Waals surface area (Å²) in [5.41, 5.74) is -0.856. The van der Waals surface area contributed by atoms with Gasteiger partial charge in [0.15, 0.2) is 0 Å². The van der Waals surface area contributed by atoms with Gasteiger partial charge in [0.05, 0.1) is 17.3 Å². The second kappa shape index (κ2) is 5.42. The van der Waals surface area contributed by atoms with Crippen LogP contribution >= 0.6 is 0 Å². The van der Waals surface area contributed by atoms with Gasteiger partial charge in [0, 0.05) is 14.1 Å². The van der Waals surface area contributed by atoms with Gasteiger partial charge in [-0.05, 0) is 24.3 Å². The van der Waals surface area contributed by atoms with Gasteiger partial charge < -0.3 is 5.11 Å². The number of benzene rings is 1. The summed E-state index contributed by atoms with van der Waals surface area (Å²) in [6.45, 7) is 0. The molecule has 0 atom stereocenters. The van der Waals surface area contributed by atoms with Crippen LogP contribution in [0.2, 0.25) is 0 Å². The molecule has 1 aromatic carbocycles. The number of hydrogen-bond acceptors (Lipinski definition) is 6. The molecule has 8 nitrogen and oxygen atoms in total. The quantitative estimate of drug-likeness (QED) is 0.831. The topological polar surface area (TPSA) is 113 Å². The monoisotopic (exact) mass is 285 g/mol. The van der Waals surface area contributed by atoms with Gasteiger partial charge in [-0.2, -0.15) is 10.4 Å². The number of nitriles is 1. The average Bonchev–Trinajstić information content (AvgIpc) is 2.51. The minimum Gasteiger partial charge on any atom is -0.493 e. The molecule has 0 bridgehead atoms. The summed E-state index contributed by atoms with van der Waals surface area (Å²) in [5, 5.41) is 26.0. The van der Waals surface area contributed by atoms with Crippen LogP contribution in [-0.4, -0.2) is 14.2 Å². The van der Waals surface area contributed by atoms with Crippen LogP contribution in [0.25, 0.3) is 0 Å². The third-order valence-electron chi connectivity index (χ3n) is 2.87. The second-order valence-corrected chi connectivity index (χ2v) is 4.24. The van der Waals surface area contributed by atoms with Crippen molar-refractivity contribution < 1.29 is 5.11 Å². The van der Waals surface area contributed by atoms with E-state index < -0.39 is 17.1 Å². The second-order valence-electron chi connectivity index (χ2n) is 4.24. The lowest BCUT2D eigenvalue weighted by Gasteiger charge is -2.06. The van der Waals surface area contributed by atoms with Gasteiger partial charge in [0.25, 0.3) is 5.56 Å². The minimum atomic E-state index is -0.743. The highest BCUT2D eigenvalue weighted by atomic mass is 16.3. The van der Waals surface area contributed by atoms with Crippen LogP contribution in [0.5, 0.6) is 5.88 Å². The highest BCUT2D eigenvalue weighted by molar-refractivity contribution is 5.46. The molecule has 2 aromatic rings. The van der Waals surface area contributed by atoms with Crippen LogP contribution in [-0.2, 0) is 14.1 Å². The molecule has 0 amide bonds. The molecular formula is C13H11N5O3. The Balaban J connectivity index is 2.49. The fourth-order valence-electron chi connectivity index (χ4n) is 1.61. The lowest BCUT2D eigenvalue weighted by atomic mass is 10.2. The maximum absolute atomic E-state index is 11.9. The van der Waals surface area contributed by atoms with Crippen LogP contribution in [0.3, 0.4) is 0 Å². The van der Waals surface area contributed by atoms with E-state index in [1.54, 1.807) is 24.3 Å². The normalized spacial score (nSPS) is 10.7. The summed E-state index contributed by atoms with van der Waals surface area (Å²) < 4.78 is 1.72. The fourth-order valence-corrected chi connectivity index (χ4v) is 1.61. The molecule has 1 aromatic heterocycles. The summed E-state index contributed by atoms with van der Waals surface area (Å²) in [5.74, 6) is -0.555. The van der Waals surface area contributed by atoms with Crippen molar-refractivity contribution in [3.05, 3.63) is 50.7 Å². The van der Waals surface area contributed by atoms with Crippen LogP contribution in [0.1, 0.15) is 5.56 Å². The molecule has 0 fully saturated rings. The average molecular weight is 285 g/mol. The Labute approximate surface area is 118 Å². The maximum atomic E-state index is 11.9. The van der Waals surface area contributed by atoms with E-state index >= 15 is 0 Å². The molecule has 8 heteroatoms. The third kappa shape index (κ3) is 2.57. The van der Waals surface area contributed by atoms with E-state index in [1.807, 2.05) is 6.07 Å². The third-order valence-corrected chi connectivity index (χ3v) is 2.87. The van der Waals surface area contributed by atoms with Gasteiger partial charge in [0.2, 0.25) is 11.6 Å². The number of azo groups is 1. The molecule has 0 aliphatic rings. The first-order valence-corrected chi connectivity index (χ1v) is 5.86. The smallest absolute Gasteiger partial charge is 0.333 e. The van der Waals surface area contributed by atoms with Crippen LogP contribution < -0.4 is 11.2 Å². The zero-order chi connectivity index (χ0) is 15.6. The van der Waals surface area contributed by atoms with Crippen molar-refractivity contribution in [3.63, 3.8) is 0 Å². The number of aromatic nitrogens is 2. The van der Waals surface area contributed by atoms with Crippen molar-refractivity contribution >= 4 is 11.4 Å². The van der Waals surface area contributed by atoms with Gasteiger partial charge in [-0.25, -0.2) is 4.79 Å². The molecule has 106 valence electrons. The van der Waals surface area contributed by atoms with Crippen molar-refractivity contribution in [1.82, 2.24) is 9.13 Å². The number of hydrogen-bond donors (Lipinski definition) is 1. The molecule has 0 spiro atoms. The molecule has 0 aliphatic carbocycles. The van der Waals surface area contributed by atoms with E-state index in [9.17, 15) is 14.7 Å². The van der Waals surface area contributed by atoms with E-state index in [4.69, 9.17) is 5.26 Å². The van der Waals surface area contributed by atoms with Crippen LogP contribution in [0, 0.1) is 11.3 Å². The number of aromatic hydroxyl groups is 1. The molecule has 2 rings (SSSR count). The van der Waals surface area contributed by atoms with E-state index in [0.717, 1.165) is 9.13 Å². The van der Waals surface area contributed by atoms with Gasteiger partial charge in [-0.1, -0.05) is 0 Å². The van der Waals surface area contributed by atoms with Crippen molar-refractivity contribution in [3.8, 4) is 11.9 Å². The van der Waals surface area contributed by atoms with Crippen molar-refractivity contribution in [2.75, 3.05) is 0 Å². The predicted octanol–water partition coefficient (Wildman–Crippen LogP) is 1.08. The Kier molecular flexibility index (Phi) is 3.67. The molecular weight excluding hydrogens is 274 g/mol. The summed E-state index contributed by atoms with van der Waals surface area (Å²) in [4.78, 5) is 23.4. The Morgan fingerprint density at radius 2 is 1.71 bits per heavy atom.